The van der Waals surface area contributed by atoms with Gasteiger partial charge in [-0.15, -0.1) is 11.3 Å². The molecular weight excluding hydrogens is 306 g/mol. The van der Waals surface area contributed by atoms with E-state index in [4.69, 9.17) is 0 Å². The lowest BCUT2D eigenvalue weighted by atomic mass is 10.2. The van der Waals surface area contributed by atoms with E-state index in [1.807, 2.05) is 25.1 Å². The van der Waals surface area contributed by atoms with Crippen molar-refractivity contribution < 1.29 is 9.90 Å². The van der Waals surface area contributed by atoms with Crippen LogP contribution in [0.2, 0.25) is 0 Å². The van der Waals surface area contributed by atoms with Gasteiger partial charge < -0.3 is 5.11 Å². The molecule has 3 rings (SSSR count). The topological polar surface area (TPSA) is 76.0 Å². The monoisotopic (exact) mass is 317 g/mol. The highest BCUT2D eigenvalue weighted by Gasteiger charge is 2.19. The van der Waals surface area contributed by atoms with Gasteiger partial charge in [0.15, 0.2) is 0 Å². The van der Waals surface area contributed by atoms with Crippen LogP contribution in [0.15, 0.2) is 34.6 Å². The van der Waals surface area contributed by atoms with Crippen LogP contribution in [0.1, 0.15) is 20.9 Å². The molecule has 3 heterocycles. The summed E-state index contributed by atoms with van der Waals surface area (Å²) in [5, 5.41) is 11.6. The van der Waals surface area contributed by atoms with Crippen LogP contribution in [0, 0.1) is 13.8 Å². The minimum absolute atomic E-state index is 0.310. The Kier molecular flexibility index (Phi) is 3.60. The zero-order valence-electron chi connectivity index (χ0n) is 11.3. The van der Waals surface area contributed by atoms with E-state index >= 15 is 0 Å². The highest BCUT2D eigenvalue weighted by molar-refractivity contribution is 7.99. The third-order valence-electron chi connectivity index (χ3n) is 2.95. The van der Waals surface area contributed by atoms with Gasteiger partial charge in [-0.05, 0) is 43.3 Å². The van der Waals surface area contributed by atoms with Crippen molar-refractivity contribution in [2.75, 3.05) is 0 Å². The standard InChI is InChI=1S/C14H11N3O2S2/c1-7-4-3-5-9(17-7)20-12-10-8(2)11(14(18)19)21-13(10)16-6-15-12/h3-6H,1-2H3,(H,18,19). The summed E-state index contributed by atoms with van der Waals surface area (Å²) in [6.45, 7) is 3.72. The molecular formula is C14H11N3O2S2. The van der Waals surface area contributed by atoms with Crippen LogP contribution in [0.4, 0.5) is 0 Å². The largest absolute Gasteiger partial charge is 0.477 e. The Hall–Kier alpha value is -1.99. The van der Waals surface area contributed by atoms with Crippen LogP contribution >= 0.6 is 23.1 Å². The summed E-state index contributed by atoms with van der Waals surface area (Å²) in [6.07, 6.45) is 1.46. The molecule has 0 fully saturated rings. The first-order chi connectivity index (χ1) is 10.1. The predicted octanol–water partition coefficient (Wildman–Crippen LogP) is 3.55. The van der Waals surface area contributed by atoms with Crippen molar-refractivity contribution in [2.45, 2.75) is 23.9 Å². The van der Waals surface area contributed by atoms with Crippen LogP contribution < -0.4 is 0 Å². The number of carboxylic acids is 1. The van der Waals surface area contributed by atoms with E-state index in [-0.39, 0.29) is 0 Å². The number of aromatic nitrogens is 3. The van der Waals surface area contributed by atoms with Crippen LogP contribution in [-0.4, -0.2) is 26.0 Å². The van der Waals surface area contributed by atoms with Gasteiger partial charge in [0.05, 0.1) is 0 Å². The molecule has 0 aromatic carbocycles. The lowest BCUT2D eigenvalue weighted by Crippen LogP contribution is -1.94. The lowest BCUT2D eigenvalue weighted by molar-refractivity contribution is 0.0701. The molecule has 0 radical (unpaired) electrons. The van der Waals surface area contributed by atoms with Gasteiger partial charge in [0.2, 0.25) is 0 Å². The Morgan fingerprint density at radius 2 is 2.10 bits per heavy atom. The average Bonchev–Trinajstić information content (AvgIpc) is 2.77. The van der Waals surface area contributed by atoms with E-state index in [1.54, 1.807) is 6.92 Å². The molecule has 0 saturated carbocycles. The Bertz CT molecular complexity index is 845. The van der Waals surface area contributed by atoms with E-state index in [2.05, 4.69) is 15.0 Å². The molecule has 106 valence electrons. The molecule has 0 amide bonds. The molecule has 5 nitrogen and oxygen atoms in total. The number of nitrogens with zero attached hydrogens (tertiary/aromatic N) is 3. The molecule has 0 atom stereocenters. The predicted molar refractivity (Wildman–Crippen MR) is 82.2 cm³/mol. The Balaban J connectivity index is 2.12. The first kappa shape index (κ1) is 14.0. The van der Waals surface area contributed by atoms with Crippen molar-refractivity contribution in [3.63, 3.8) is 0 Å². The van der Waals surface area contributed by atoms with Crippen LogP contribution in [0.5, 0.6) is 0 Å². The van der Waals surface area contributed by atoms with E-state index in [0.717, 1.165) is 21.1 Å². The minimum atomic E-state index is -0.930. The third-order valence-corrected chi connectivity index (χ3v) is 5.08. The second-order valence-electron chi connectivity index (χ2n) is 4.44. The fraction of sp³-hybridized carbons (Fsp3) is 0.143. The molecule has 0 aliphatic heterocycles. The highest BCUT2D eigenvalue weighted by atomic mass is 32.2. The highest BCUT2D eigenvalue weighted by Crippen LogP contribution is 2.37. The second-order valence-corrected chi connectivity index (χ2v) is 6.45. The number of pyridine rings is 1. The maximum atomic E-state index is 11.2. The van der Waals surface area contributed by atoms with Crippen LogP contribution in [-0.2, 0) is 0 Å². The fourth-order valence-corrected chi connectivity index (χ4v) is 4.03. The summed E-state index contributed by atoms with van der Waals surface area (Å²) in [5.74, 6) is -0.930. The zero-order chi connectivity index (χ0) is 15.0. The lowest BCUT2D eigenvalue weighted by Gasteiger charge is -2.03. The van der Waals surface area contributed by atoms with Gasteiger partial charge in [-0.25, -0.2) is 19.7 Å². The number of hydrogen-bond acceptors (Lipinski definition) is 6. The number of aromatic carboxylic acids is 1. The zero-order valence-corrected chi connectivity index (χ0v) is 13.0. The van der Waals surface area contributed by atoms with Gasteiger partial charge >= 0.3 is 5.97 Å². The SMILES string of the molecule is Cc1cccc(Sc2ncnc3sc(C(=O)O)c(C)c23)n1. The third kappa shape index (κ3) is 2.62. The molecule has 1 N–H and O–H groups in total. The summed E-state index contributed by atoms with van der Waals surface area (Å²) < 4.78 is 0. The molecule has 0 aliphatic carbocycles. The molecule has 0 spiro atoms. The van der Waals surface area contributed by atoms with Crippen molar-refractivity contribution in [3.05, 3.63) is 40.7 Å². The van der Waals surface area contributed by atoms with Crippen molar-refractivity contribution in [2.24, 2.45) is 0 Å². The number of aryl methyl sites for hydroxylation is 2. The van der Waals surface area contributed by atoms with Crippen molar-refractivity contribution in [3.8, 4) is 0 Å². The number of thiophene rings is 1. The first-order valence-electron chi connectivity index (χ1n) is 6.15. The summed E-state index contributed by atoms with van der Waals surface area (Å²) >= 11 is 2.60. The van der Waals surface area contributed by atoms with Gasteiger partial charge in [-0.1, -0.05) is 6.07 Å². The molecule has 0 aliphatic rings. The van der Waals surface area contributed by atoms with Crippen molar-refractivity contribution in [1.82, 2.24) is 15.0 Å². The Morgan fingerprint density at radius 3 is 2.81 bits per heavy atom. The summed E-state index contributed by atoms with van der Waals surface area (Å²) in [6, 6.07) is 5.77. The van der Waals surface area contributed by atoms with E-state index in [9.17, 15) is 9.90 Å². The van der Waals surface area contributed by atoms with E-state index in [1.165, 1.54) is 29.4 Å². The molecule has 3 aromatic rings. The fourth-order valence-electron chi connectivity index (χ4n) is 1.99. The second kappa shape index (κ2) is 5.42. The van der Waals surface area contributed by atoms with Gasteiger partial charge in [-0.2, -0.15) is 0 Å². The summed E-state index contributed by atoms with van der Waals surface area (Å²) in [7, 11) is 0. The number of carboxylic acid groups (broad SMARTS) is 1. The van der Waals surface area contributed by atoms with Gasteiger partial charge in [0, 0.05) is 11.1 Å². The minimum Gasteiger partial charge on any atom is -0.477 e. The molecule has 0 unspecified atom stereocenters. The van der Waals surface area contributed by atoms with Gasteiger partial charge in [-0.3, -0.25) is 0 Å². The first-order valence-corrected chi connectivity index (χ1v) is 7.78. The maximum absolute atomic E-state index is 11.2. The summed E-state index contributed by atoms with van der Waals surface area (Å²) in [4.78, 5) is 25.2. The number of hydrogen-bond donors (Lipinski definition) is 1. The molecule has 3 aromatic heterocycles. The number of fused-ring (bicyclic) bond motifs is 1. The van der Waals surface area contributed by atoms with Crippen LogP contribution in [0.3, 0.4) is 0 Å². The van der Waals surface area contributed by atoms with Crippen molar-refractivity contribution in [1.29, 1.82) is 0 Å². The van der Waals surface area contributed by atoms with Gasteiger partial charge in [0.25, 0.3) is 0 Å². The molecule has 0 saturated heterocycles. The van der Waals surface area contributed by atoms with Gasteiger partial charge in [0.1, 0.15) is 26.1 Å². The summed E-state index contributed by atoms with van der Waals surface area (Å²) in [5.41, 5.74) is 1.64. The molecule has 7 heteroatoms. The quantitative estimate of drug-likeness (QED) is 0.744. The maximum Gasteiger partial charge on any atom is 0.346 e. The smallest absolute Gasteiger partial charge is 0.346 e. The van der Waals surface area contributed by atoms with Crippen molar-refractivity contribution >= 4 is 39.3 Å². The van der Waals surface area contributed by atoms with E-state index < -0.39 is 5.97 Å². The Morgan fingerprint density at radius 1 is 1.29 bits per heavy atom. The molecule has 21 heavy (non-hydrogen) atoms. The normalized spacial score (nSPS) is 11.0. The number of carbonyl (C=O) groups is 1. The molecule has 0 bridgehead atoms. The number of rotatable bonds is 3. The average molecular weight is 317 g/mol. The van der Waals surface area contributed by atoms with Crippen LogP contribution in [0.25, 0.3) is 10.2 Å². The van der Waals surface area contributed by atoms with E-state index in [0.29, 0.717) is 15.3 Å². The Labute approximate surface area is 129 Å².